The average molecular weight is 483 g/mol. The molecule has 3 rings (SSSR count). The molecule has 0 spiro atoms. The van der Waals surface area contributed by atoms with Crippen LogP contribution in [0, 0.1) is 5.92 Å². The highest BCUT2D eigenvalue weighted by atomic mass is 35.5. The van der Waals surface area contributed by atoms with E-state index in [1.165, 1.54) is 18.2 Å². The van der Waals surface area contributed by atoms with Gasteiger partial charge in [-0.1, -0.05) is 49.1 Å². The maximum atomic E-state index is 12.9. The molecule has 1 aliphatic carbocycles. The van der Waals surface area contributed by atoms with Crippen LogP contribution >= 0.6 is 11.6 Å². The van der Waals surface area contributed by atoms with E-state index in [4.69, 9.17) is 17.3 Å². The van der Waals surface area contributed by atoms with Gasteiger partial charge in [0.25, 0.3) is 5.91 Å². The summed E-state index contributed by atoms with van der Waals surface area (Å²) >= 11 is 6.14. The highest BCUT2D eigenvalue weighted by Gasteiger charge is 2.30. The Kier molecular flexibility index (Phi) is 8.34. The zero-order valence-electron chi connectivity index (χ0n) is 17.9. The number of amides is 2. The zero-order chi connectivity index (χ0) is 24.0. The molecule has 2 aromatic rings. The molecule has 0 bridgehead atoms. The first-order valence-corrected chi connectivity index (χ1v) is 11.1. The van der Waals surface area contributed by atoms with Crippen molar-refractivity contribution in [3.63, 3.8) is 0 Å². The molecule has 0 aliphatic heterocycles. The minimum atomic E-state index is -4.45. The summed E-state index contributed by atoms with van der Waals surface area (Å²) < 4.78 is 38.7. The van der Waals surface area contributed by atoms with Crippen molar-refractivity contribution in [2.24, 2.45) is 11.7 Å². The lowest BCUT2D eigenvalue weighted by atomic mass is 9.88. The van der Waals surface area contributed by atoms with E-state index in [1.807, 2.05) is 0 Å². The quantitative estimate of drug-likeness (QED) is 0.427. The fourth-order valence-electron chi connectivity index (χ4n) is 3.89. The van der Waals surface area contributed by atoms with Crippen molar-refractivity contribution in [3.8, 4) is 0 Å². The lowest BCUT2D eigenvalue weighted by Crippen LogP contribution is -2.37. The molecule has 0 unspecified atom stereocenters. The molecule has 0 radical (unpaired) electrons. The molecule has 33 heavy (non-hydrogen) atoms. The minimum absolute atomic E-state index is 0.0380. The topological polar surface area (TPSA) is 96.2 Å². The molecule has 2 aromatic carbocycles. The molecule has 6 nitrogen and oxygen atoms in total. The Hall–Kier alpha value is -2.62. The summed E-state index contributed by atoms with van der Waals surface area (Å²) in [5, 5.41) is 3.12. The predicted octanol–water partition coefficient (Wildman–Crippen LogP) is 4.77. The van der Waals surface area contributed by atoms with Gasteiger partial charge in [0, 0.05) is 24.0 Å². The van der Waals surface area contributed by atoms with E-state index < -0.39 is 17.6 Å². The molecule has 1 fully saturated rings. The van der Waals surface area contributed by atoms with Gasteiger partial charge in [-0.3, -0.25) is 15.0 Å². The van der Waals surface area contributed by atoms with E-state index in [2.05, 4.69) is 16.2 Å². The van der Waals surface area contributed by atoms with Crippen LogP contribution in [0.3, 0.4) is 0 Å². The van der Waals surface area contributed by atoms with Gasteiger partial charge in [0.05, 0.1) is 16.8 Å². The molecule has 178 valence electrons. The smallest absolute Gasteiger partial charge is 0.326 e. The van der Waals surface area contributed by atoms with Crippen molar-refractivity contribution in [1.82, 2.24) is 10.9 Å². The average Bonchev–Trinajstić information content (AvgIpc) is 2.80. The Bertz CT molecular complexity index is 1010. The summed E-state index contributed by atoms with van der Waals surface area (Å²) in [6.07, 6.45) is 0.188. The number of halogens is 4. The van der Waals surface area contributed by atoms with Crippen LogP contribution in [-0.2, 0) is 24.1 Å². The van der Waals surface area contributed by atoms with Gasteiger partial charge in [0.1, 0.15) is 0 Å². The largest absolute Gasteiger partial charge is 0.416 e. The molecule has 10 heteroatoms. The van der Waals surface area contributed by atoms with Gasteiger partial charge in [0.15, 0.2) is 0 Å². The fraction of sp³-hybridized carbons (Fsp3) is 0.391. The summed E-state index contributed by atoms with van der Waals surface area (Å²) in [5.41, 5.74) is 11.4. The Morgan fingerprint density at radius 1 is 1.09 bits per heavy atom. The van der Waals surface area contributed by atoms with Crippen molar-refractivity contribution in [2.45, 2.75) is 51.4 Å². The van der Waals surface area contributed by atoms with Crippen LogP contribution in [0.1, 0.15) is 59.2 Å². The van der Waals surface area contributed by atoms with Gasteiger partial charge in [0.2, 0.25) is 5.91 Å². The molecular formula is C23H26ClF3N4O2. The first-order valence-electron chi connectivity index (χ1n) is 10.7. The molecule has 0 atom stereocenters. The van der Waals surface area contributed by atoms with E-state index in [-0.39, 0.29) is 41.2 Å². The molecule has 2 amide bonds. The number of hydrogen-bond donors (Lipinski definition) is 4. The Labute approximate surface area is 195 Å². The zero-order valence-corrected chi connectivity index (χ0v) is 18.7. The number of alkyl halides is 3. The number of nitrogens with one attached hydrogen (secondary N) is 3. The van der Waals surface area contributed by atoms with E-state index in [1.54, 1.807) is 6.07 Å². The number of nitrogens with two attached hydrogens (primary N) is 1. The molecule has 1 saturated carbocycles. The van der Waals surface area contributed by atoms with Crippen LogP contribution in [0.4, 0.5) is 18.9 Å². The number of hydrazine groups is 1. The van der Waals surface area contributed by atoms with Gasteiger partial charge in [-0.05, 0) is 42.2 Å². The second-order valence-electron chi connectivity index (χ2n) is 8.02. The molecule has 1 aliphatic rings. The third kappa shape index (κ3) is 6.69. The van der Waals surface area contributed by atoms with Gasteiger partial charge in [-0.2, -0.15) is 13.2 Å². The molecular weight excluding hydrogens is 457 g/mol. The van der Waals surface area contributed by atoms with Crippen molar-refractivity contribution >= 4 is 29.1 Å². The van der Waals surface area contributed by atoms with E-state index in [0.29, 0.717) is 11.1 Å². The maximum Gasteiger partial charge on any atom is 0.416 e. The number of rotatable bonds is 7. The molecule has 5 N–H and O–H groups in total. The lowest BCUT2D eigenvalue weighted by Gasteiger charge is -2.23. The standard InChI is InChI=1S/C23H26ClF3N4O2/c24-18-10-16(12-28)20(30-21(32)15-6-2-1-3-7-15)19(11-18)22(33)31-29-13-14-5-4-8-17(9-14)23(25,26)27/h4-5,8-11,15,29H,1-3,6-7,12-13,28H2,(H,30,32)(H,31,33). The first-order chi connectivity index (χ1) is 15.7. The van der Waals surface area contributed by atoms with Crippen molar-refractivity contribution < 1.29 is 22.8 Å². The maximum absolute atomic E-state index is 12.9. The van der Waals surface area contributed by atoms with Gasteiger partial charge in [-0.15, -0.1) is 0 Å². The van der Waals surface area contributed by atoms with Crippen LogP contribution in [0.25, 0.3) is 0 Å². The van der Waals surface area contributed by atoms with E-state index in [0.717, 1.165) is 44.2 Å². The summed E-state index contributed by atoms with van der Waals surface area (Å²) in [6.45, 7) is 0.0164. The Balaban J connectivity index is 1.72. The highest BCUT2D eigenvalue weighted by molar-refractivity contribution is 6.31. The Morgan fingerprint density at radius 3 is 2.48 bits per heavy atom. The number of anilines is 1. The molecule has 0 aromatic heterocycles. The van der Waals surface area contributed by atoms with Crippen LogP contribution in [0.15, 0.2) is 36.4 Å². The van der Waals surface area contributed by atoms with Crippen LogP contribution in [-0.4, -0.2) is 11.8 Å². The number of carbonyl (C=O) groups excluding carboxylic acids is 2. The van der Waals surface area contributed by atoms with Crippen LogP contribution in [0.2, 0.25) is 5.02 Å². The number of carbonyl (C=O) groups is 2. The SMILES string of the molecule is NCc1cc(Cl)cc(C(=O)NNCc2cccc(C(F)(F)F)c2)c1NC(=O)C1CCCCC1. The monoisotopic (exact) mass is 482 g/mol. The molecule has 0 saturated heterocycles. The third-order valence-corrected chi connectivity index (χ3v) is 5.84. The minimum Gasteiger partial charge on any atom is -0.326 e. The summed E-state index contributed by atoms with van der Waals surface area (Å²) in [4.78, 5) is 25.6. The fourth-order valence-corrected chi connectivity index (χ4v) is 4.13. The number of hydrogen-bond acceptors (Lipinski definition) is 4. The summed E-state index contributed by atoms with van der Waals surface area (Å²) in [6, 6.07) is 7.79. The van der Waals surface area contributed by atoms with E-state index >= 15 is 0 Å². The first kappa shape index (κ1) is 25.0. The van der Waals surface area contributed by atoms with Crippen molar-refractivity contribution in [2.75, 3.05) is 5.32 Å². The van der Waals surface area contributed by atoms with E-state index in [9.17, 15) is 22.8 Å². The van der Waals surface area contributed by atoms with Gasteiger partial charge < -0.3 is 11.1 Å². The van der Waals surface area contributed by atoms with Crippen LogP contribution in [0.5, 0.6) is 0 Å². The lowest BCUT2D eigenvalue weighted by molar-refractivity contribution is -0.137. The second-order valence-corrected chi connectivity index (χ2v) is 8.46. The third-order valence-electron chi connectivity index (χ3n) is 5.62. The predicted molar refractivity (Wildman–Crippen MR) is 120 cm³/mol. The number of benzene rings is 2. The second kappa shape index (κ2) is 11.0. The highest BCUT2D eigenvalue weighted by Crippen LogP contribution is 2.30. The normalized spacial score (nSPS) is 14.7. The Morgan fingerprint density at radius 2 is 1.82 bits per heavy atom. The van der Waals surface area contributed by atoms with Crippen molar-refractivity contribution in [1.29, 1.82) is 0 Å². The van der Waals surface area contributed by atoms with Crippen molar-refractivity contribution in [3.05, 3.63) is 63.7 Å². The summed E-state index contributed by atoms with van der Waals surface area (Å²) in [7, 11) is 0. The van der Waals surface area contributed by atoms with Crippen LogP contribution < -0.4 is 21.9 Å². The molecule has 0 heterocycles. The summed E-state index contributed by atoms with van der Waals surface area (Å²) in [5.74, 6) is -0.897. The van der Waals surface area contributed by atoms with Gasteiger partial charge >= 0.3 is 6.18 Å². The van der Waals surface area contributed by atoms with Gasteiger partial charge in [-0.25, -0.2) is 5.43 Å².